The van der Waals surface area contributed by atoms with Crippen LogP contribution >= 0.6 is 24.0 Å². The second kappa shape index (κ2) is 10.2. The first-order valence-corrected chi connectivity index (χ1v) is 12.3. The molecule has 0 atom stereocenters. The van der Waals surface area contributed by atoms with Crippen molar-refractivity contribution < 1.29 is 4.39 Å². The molecule has 0 N–H and O–H groups in total. The highest BCUT2D eigenvalue weighted by atomic mass is 35.5. The minimum Gasteiger partial charge on any atom is -0.355 e. The Labute approximate surface area is 223 Å². The standard InChI is InChI=1S/C28H29ClFN5.ClH/c1-5-7-22(30)26-27(33-19(3)25(34(26)4)21-9-13-31-18(2)24(21)29)35-14-10-28(11-15-35)16-20-8-6-12-32-23(20)17-28;/h6-9,12-13H,1,10-11,14-17H2,2-4H3;1H/b26-22+;. The third-order valence-corrected chi connectivity index (χ3v) is 7.97. The SMILES string of the molecule is C=C=C/C(F)=C1/C(N2CCC3(CC2)Cc2cccnc2C3)=NC(C)=C(c2ccnc(C)c2Cl)N1C.Cl. The van der Waals surface area contributed by atoms with Gasteiger partial charge in [0.25, 0.3) is 0 Å². The highest BCUT2D eigenvalue weighted by Crippen LogP contribution is 2.45. The van der Waals surface area contributed by atoms with E-state index in [-0.39, 0.29) is 17.8 Å². The van der Waals surface area contributed by atoms with Crippen LogP contribution in [-0.4, -0.2) is 45.7 Å². The van der Waals surface area contributed by atoms with E-state index in [1.807, 2.05) is 44.1 Å². The minimum absolute atomic E-state index is 0. The van der Waals surface area contributed by atoms with Gasteiger partial charge in [-0.1, -0.05) is 24.2 Å². The zero-order valence-corrected chi connectivity index (χ0v) is 22.4. The Balaban J connectivity index is 0.00000304. The number of nitrogens with zero attached hydrogens (tertiary/aromatic N) is 5. The van der Waals surface area contributed by atoms with Crippen LogP contribution in [0.1, 0.15) is 42.3 Å². The fourth-order valence-electron chi connectivity index (χ4n) is 5.68. The number of fused-ring (bicyclic) bond motifs is 1. The molecule has 0 unspecified atom stereocenters. The zero-order chi connectivity index (χ0) is 24.7. The number of aliphatic imine (C=N–C) groups is 1. The molecule has 5 rings (SSSR count). The van der Waals surface area contributed by atoms with Crippen LogP contribution in [0.15, 0.2) is 71.2 Å². The van der Waals surface area contributed by atoms with Crippen LogP contribution in [0, 0.1) is 12.3 Å². The molecule has 2 aliphatic heterocycles. The van der Waals surface area contributed by atoms with E-state index in [9.17, 15) is 0 Å². The Morgan fingerprint density at radius 3 is 2.61 bits per heavy atom. The molecule has 2 aromatic rings. The van der Waals surface area contributed by atoms with Crippen molar-refractivity contribution in [3.05, 3.63) is 93.7 Å². The Morgan fingerprint density at radius 1 is 1.17 bits per heavy atom. The van der Waals surface area contributed by atoms with Gasteiger partial charge in [-0.15, -0.1) is 18.1 Å². The number of likely N-dealkylation sites (N-methyl/N-ethyl adjacent to an activating group) is 1. The lowest BCUT2D eigenvalue weighted by atomic mass is 9.76. The maximum Gasteiger partial charge on any atom is 0.158 e. The average Bonchev–Trinajstić information content (AvgIpc) is 3.19. The molecule has 0 aromatic carbocycles. The third-order valence-electron chi connectivity index (χ3n) is 7.49. The number of amidine groups is 1. The molecule has 0 radical (unpaired) electrons. The summed E-state index contributed by atoms with van der Waals surface area (Å²) >= 11 is 6.61. The summed E-state index contributed by atoms with van der Waals surface area (Å²) in [6.45, 7) is 9.00. The Bertz CT molecular complexity index is 1300. The van der Waals surface area contributed by atoms with Crippen molar-refractivity contribution in [2.24, 2.45) is 10.4 Å². The Kier molecular flexibility index (Phi) is 7.42. The number of piperidine rings is 1. The van der Waals surface area contributed by atoms with Crippen LogP contribution in [0.3, 0.4) is 0 Å². The van der Waals surface area contributed by atoms with E-state index >= 15 is 4.39 Å². The molecule has 1 saturated heterocycles. The summed E-state index contributed by atoms with van der Waals surface area (Å²) < 4.78 is 15.5. The maximum atomic E-state index is 15.5. The number of pyridine rings is 2. The van der Waals surface area contributed by atoms with E-state index in [0.29, 0.717) is 16.6 Å². The number of aryl methyl sites for hydroxylation is 1. The van der Waals surface area contributed by atoms with E-state index in [2.05, 4.69) is 33.2 Å². The molecule has 36 heavy (non-hydrogen) atoms. The molecule has 1 spiro atoms. The van der Waals surface area contributed by atoms with Crippen molar-refractivity contribution in [2.75, 3.05) is 20.1 Å². The molecular formula is C28H30Cl2FN5. The summed E-state index contributed by atoms with van der Waals surface area (Å²) in [4.78, 5) is 17.9. The monoisotopic (exact) mass is 525 g/mol. The smallest absolute Gasteiger partial charge is 0.158 e. The molecule has 5 nitrogen and oxygen atoms in total. The highest BCUT2D eigenvalue weighted by Gasteiger charge is 2.42. The van der Waals surface area contributed by atoms with E-state index in [4.69, 9.17) is 16.6 Å². The van der Waals surface area contributed by atoms with E-state index < -0.39 is 5.83 Å². The van der Waals surface area contributed by atoms with Crippen molar-refractivity contribution in [2.45, 2.75) is 39.5 Å². The van der Waals surface area contributed by atoms with Crippen molar-refractivity contribution in [1.29, 1.82) is 0 Å². The molecule has 3 aliphatic rings. The molecule has 0 amide bonds. The quantitative estimate of drug-likeness (QED) is 0.431. The van der Waals surface area contributed by atoms with E-state index in [0.717, 1.165) is 61.4 Å². The molecule has 2 aromatic heterocycles. The summed E-state index contributed by atoms with van der Waals surface area (Å²) in [6, 6.07) is 6.07. The first-order chi connectivity index (χ1) is 16.8. The first kappa shape index (κ1) is 26.2. The highest BCUT2D eigenvalue weighted by molar-refractivity contribution is 6.33. The molecule has 4 heterocycles. The van der Waals surface area contributed by atoms with Crippen molar-refractivity contribution >= 4 is 35.5 Å². The van der Waals surface area contributed by atoms with Crippen molar-refractivity contribution in [3.8, 4) is 0 Å². The summed E-state index contributed by atoms with van der Waals surface area (Å²) in [5.41, 5.74) is 8.85. The predicted octanol–water partition coefficient (Wildman–Crippen LogP) is 6.30. The van der Waals surface area contributed by atoms with Crippen LogP contribution in [0.2, 0.25) is 5.02 Å². The molecule has 1 aliphatic carbocycles. The number of hydrogen-bond acceptors (Lipinski definition) is 5. The number of likely N-dealkylation sites (tertiary alicyclic amines) is 1. The number of hydrogen-bond donors (Lipinski definition) is 0. The van der Waals surface area contributed by atoms with Crippen molar-refractivity contribution in [3.63, 3.8) is 0 Å². The number of allylic oxidation sites excluding steroid dienone is 3. The summed E-state index contributed by atoms with van der Waals surface area (Å²) in [5.74, 6) is 0.217. The minimum atomic E-state index is -0.425. The van der Waals surface area contributed by atoms with Gasteiger partial charge < -0.3 is 9.80 Å². The van der Waals surface area contributed by atoms with Gasteiger partial charge in [0.15, 0.2) is 11.7 Å². The molecule has 0 saturated carbocycles. The number of rotatable bonds is 2. The van der Waals surface area contributed by atoms with Gasteiger partial charge in [0.05, 0.1) is 22.1 Å². The molecular weight excluding hydrogens is 496 g/mol. The lowest BCUT2D eigenvalue weighted by molar-refractivity contribution is 0.156. The van der Waals surface area contributed by atoms with Crippen LogP contribution in [-0.2, 0) is 12.8 Å². The zero-order valence-electron chi connectivity index (χ0n) is 20.8. The second-order valence-corrected chi connectivity index (χ2v) is 10.1. The Hall–Kier alpha value is -2.92. The van der Waals surface area contributed by atoms with Gasteiger partial charge in [-0.05, 0) is 62.6 Å². The van der Waals surface area contributed by atoms with Gasteiger partial charge >= 0.3 is 0 Å². The molecule has 1 fully saturated rings. The fraction of sp³-hybridized carbons (Fsp3) is 0.357. The molecule has 8 heteroatoms. The Morgan fingerprint density at radius 2 is 1.92 bits per heavy atom. The van der Waals surface area contributed by atoms with Crippen LogP contribution in [0.4, 0.5) is 4.39 Å². The fourth-order valence-corrected chi connectivity index (χ4v) is 5.88. The van der Waals surface area contributed by atoms with Gasteiger partial charge in [-0.3, -0.25) is 9.97 Å². The normalized spacial score (nSPS) is 20.0. The number of aromatic nitrogens is 2. The average molecular weight is 526 g/mol. The maximum absolute atomic E-state index is 15.5. The van der Waals surface area contributed by atoms with E-state index in [1.54, 1.807) is 6.20 Å². The number of halogens is 3. The summed E-state index contributed by atoms with van der Waals surface area (Å²) in [6.07, 6.45) is 8.98. The topological polar surface area (TPSA) is 44.6 Å². The van der Waals surface area contributed by atoms with Gasteiger partial charge in [0.1, 0.15) is 5.70 Å². The van der Waals surface area contributed by atoms with Crippen LogP contribution in [0.5, 0.6) is 0 Å². The second-order valence-electron chi connectivity index (χ2n) is 9.68. The first-order valence-electron chi connectivity index (χ1n) is 11.9. The lowest BCUT2D eigenvalue weighted by Crippen LogP contribution is -2.47. The van der Waals surface area contributed by atoms with Gasteiger partial charge in [0.2, 0.25) is 0 Å². The van der Waals surface area contributed by atoms with Gasteiger partial charge in [0, 0.05) is 49.9 Å². The van der Waals surface area contributed by atoms with Crippen molar-refractivity contribution in [1.82, 2.24) is 19.8 Å². The largest absolute Gasteiger partial charge is 0.355 e. The summed E-state index contributed by atoms with van der Waals surface area (Å²) in [5, 5.41) is 0.542. The predicted molar refractivity (Wildman–Crippen MR) is 146 cm³/mol. The lowest BCUT2D eigenvalue weighted by Gasteiger charge is -2.43. The van der Waals surface area contributed by atoms with Crippen LogP contribution in [0.25, 0.3) is 5.70 Å². The van der Waals surface area contributed by atoms with E-state index in [1.165, 1.54) is 17.3 Å². The molecule has 188 valence electrons. The van der Waals surface area contributed by atoms with Crippen LogP contribution < -0.4 is 0 Å². The van der Waals surface area contributed by atoms with Gasteiger partial charge in [-0.25, -0.2) is 9.38 Å². The third kappa shape index (κ3) is 4.50. The van der Waals surface area contributed by atoms with Gasteiger partial charge in [-0.2, -0.15) is 0 Å². The summed E-state index contributed by atoms with van der Waals surface area (Å²) in [7, 11) is 1.86. The molecule has 0 bridgehead atoms.